The normalized spacial score (nSPS) is 19.7. The van der Waals surface area contributed by atoms with Gasteiger partial charge in [0.2, 0.25) is 5.91 Å². The number of piperazine rings is 1. The van der Waals surface area contributed by atoms with Gasteiger partial charge in [-0.15, -0.1) is 11.3 Å². The van der Waals surface area contributed by atoms with Gasteiger partial charge in [0.1, 0.15) is 0 Å². The number of halogens is 1. The lowest BCUT2D eigenvalue weighted by atomic mass is 9.81. The number of fused-ring (bicyclic) bond motifs is 1. The molecule has 0 unspecified atom stereocenters. The van der Waals surface area contributed by atoms with E-state index in [1.54, 1.807) is 11.3 Å². The van der Waals surface area contributed by atoms with Gasteiger partial charge < -0.3 is 15.1 Å². The summed E-state index contributed by atoms with van der Waals surface area (Å²) in [7, 11) is 0. The van der Waals surface area contributed by atoms with E-state index in [9.17, 15) is 9.59 Å². The van der Waals surface area contributed by atoms with E-state index in [1.165, 1.54) is 11.3 Å². The number of hydrogen-bond acceptors (Lipinski definition) is 5. The molecule has 2 aliphatic rings. The molecule has 0 radical (unpaired) electrons. The van der Waals surface area contributed by atoms with Crippen LogP contribution in [0.1, 0.15) is 58.6 Å². The van der Waals surface area contributed by atoms with Crippen LogP contribution in [-0.2, 0) is 4.79 Å². The Bertz CT molecular complexity index is 1320. The number of rotatable bonds is 9. The molecule has 0 spiro atoms. The quantitative estimate of drug-likeness (QED) is 0.318. The Morgan fingerprint density at radius 3 is 2.58 bits per heavy atom. The average molecular weight is 579 g/mol. The van der Waals surface area contributed by atoms with Gasteiger partial charge in [-0.25, -0.2) is 0 Å². The first kappa shape index (κ1) is 28.7. The fraction of sp³-hybridized carbons (Fsp3) is 0.438. The van der Waals surface area contributed by atoms with Crippen LogP contribution in [0.4, 0.5) is 5.69 Å². The second-order valence-electron chi connectivity index (χ2n) is 11.3. The highest BCUT2D eigenvalue weighted by atomic mass is 35.5. The minimum atomic E-state index is -0.434. The van der Waals surface area contributed by atoms with Gasteiger partial charge in [-0.3, -0.25) is 14.5 Å². The lowest BCUT2D eigenvalue weighted by Gasteiger charge is -2.42. The molecule has 212 valence electrons. The monoisotopic (exact) mass is 578 g/mol. The lowest BCUT2D eigenvalue weighted by Crippen LogP contribution is -2.49. The van der Waals surface area contributed by atoms with E-state index in [1.807, 2.05) is 46.7 Å². The van der Waals surface area contributed by atoms with Crippen LogP contribution < -0.4 is 10.2 Å². The second kappa shape index (κ2) is 12.8. The van der Waals surface area contributed by atoms with Gasteiger partial charge in [0.05, 0.1) is 12.0 Å². The lowest BCUT2D eigenvalue weighted by molar-refractivity contribution is -0.124. The van der Waals surface area contributed by atoms with Crippen LogP contribution in [0.3, 0.4) is 0 Å². The van der Waals surface area contributed by atoms with Crippen LogP contribution in [0, 0.1) is 12.8 Å². The summed E-state index contributed by atoms with van der Waals surface area (Å²) in [5.74, 6) is -0.133. The third-order valence-electron chi connectivity index (χ3n) is 7.95. The molecule has 40 heavy (non-hydrogen) atoms. The standard InChI is InChI=1S/C32H39ClN4O2S/c1-22(2)21-37-30(28-10-6-19-40-28)29(25-8-4-5-9-26(25)32(37)39)31(38)34-13-7-14-35-15-17-36(18-16-35)27-20-24(33)12-11-23(27)3/h4-6,8-12,19-20,22,29-30H,7,13-18,21H2,1-3H3,(H,34,38)/t29-,30+/m1/s1. The third-order valence-corrected chi connectivity index (χ3v) is 9.13. The van der Waals surface area contributed by atoms with Crippen molar-refractivity contribution in [2.24, 2.45) is 5.92 Å². The molecular weight excluding hydrogens is 540 g/mol. The predicted octanol–water partition coefficient (Wildman–Crippen LogP) is 5.98. The number of anilines is 1. The van der Waals surface area contributed by atoms with E-state index in [0.29, 0.717) is 24.6 Å². The van der Waals surface area contributed by atoms with E-state index in [4.69, 9.17) is 11.6 Å². The number of aryl methyl sites for hydroxylation is 1. The Hall–Kier alpha value is -2.87. The maximum absolute atomic E-state index is 13.8. The maximum atomic E-state index is 13.8. The van der Waals surface area contributed by atoms with E-state index in [2.05, 4.69) is 54.1 Å². The topological polar surface area (TPSA) is 55.9 Å². The summed E-state index contributed by atoms with van der Waals surface area (Å²) in [5.41, 5.74) is 3.94. The molecule has 2 atom stereocenters. The molecule has 1 saturated heterocycles. The van der Waals surface area contributed by atoms with E-state index < -0.39 is 5.92 Å². The average Bonchev–Trinajstić information content (AvgIpc) is 3.48. The summed E-state index contributed by atoms with van der Waals surface area (Å²) >= 11 is 7.86. The van der Waals surface area contributed by atoms with Gasteiger partial charge in [-0.05, 0) is 66.6 Å². The largest absolute Gasteiger partial charge is 0.369 e. The summed E-state index contributed by atoms with van der Waals surface area (Å²) in [4.78, 5) is 35.3. The number of amides is 2. The van der Waals surface area contributed by atoms with Gasteiger partial charge in [-0.1, -0.05) is 55.8 Å². The van der Waals surface area contributed by atoms with Gasteiger partial charge in [0.25, 0.3) is 5.91 Å². The van der Waals surface area contributed by atoms with Crippen LogP contribution in [0.2, 0.25) is 5.02 Å². The van der Waals surface area contributed by atoms with E-state index >= 15 is 0 Å². The minimum absolute atomic E-state index is 0.00615. The fourth-order valence-corrected chi connectivity index (χ4v) is 7.05. The summed E-state index contributed by atoms with van der Waals surface area (Å²) < 4.78 is 0. The summed E-state index contributed by atoms with van der Waals surface area (Å²) in [5, 5.41) is 6.04. The van der Waals surface area contributed by atoms with Crippen LogP contribution >= 0.6 is 22.9 Å². The number of nitrogens with zero attached hydrogens (tertiary/aromatic N) is 3. The smallest absolute Gasteiger partial charge is 0.254 e. The number of thiophene rings is 1. The van der Waals surface area contributed by atoms with Crippen molar-refractivity contribution in [1.82, 2.24) is 15.1 Å². The van der Waals surface area contributed by atoms with Gasteiger partial charge in [0.15, 0.2) is 0 Å². The Morgan fingerprint density at radius 1 is 1.07 bits per heavy atom. The number of nitrogens with one attached hydrogen (secondary N) is 1. The van der Waals surface area contributed by atoms with Crippen LogP contribution in [0.25, 0.3) is 0 Å². The first-order chi connectivity index (χ1) is 19.3. The van der Waals surface area contributed by atoms with Crippen molar-refractivity contribution in [1.29, 1.82) is 0 Å². The summed E-state index contributed by atoms with van der Waals surface area (Å²) in [6.45, 7) is 12.4. The Balaban J connectivity index is 1.22. The third kappa shape index (κ3) is 6.22. The van der Waals surface area contributed by atoms with Crippen molar-refractivity contribution in [3.05, 3.63) is 86.6 Å². The van der Waals surface area contributed by atoms with Crippen molar-refractivity contribution < 1.29 is 9.59 Å². The van der Waals surface area contributed by atoms with Gasteiger partial charge in [-0.2, -0.15) is 0 Å². The zero-order chi connectivity index (χ0) is 28.2. The molecule has 5 rings (SSSR count). The molecule has 8 heteroatoms. The van der Waals surface area contributed by atoms with Crippen molar-refractivity contribution in [2.75, 3.05) is 50.7 Å². The number of carbonyl (C=O) groups is 2. The van der Waals surface area contributed by atoms with Crippen LogP contribution in [0.5, 0.6) is 0 Å². The summed E-state index contributed by atoms with van der Waals surface area (Å²) in [6, 6.07) is 17.5. The highest BCUT2D eigenvalue weighted by Gasteiger charge is 2.44. The van der Waals surface area contributed by atoms with Crippen molar-refractivity contribution in [2.45, 2.75) is 39.2 Å². The molecule has 1 aromatic heterocycles. The number of hydrogen-bond donors (Lipinski definition) is 1. The van der Waals surface area contributed by atoms with Crippen LogP contribution in [-0.4, -0.2) is 67.4 Å². The first-order valence-electron chi connectivity index (χ1n) is 14.3. The first-order valence-corrected chi connectivity index (χ1v) is 15.5. The molecule has 0 bridgehead atoms. The molecule has 2 aromatic carbocycles. The van der Waals surface area contributed by atoms with E-state index in [-0.39, 0.29) is 17.9 Å². The van der Waals surface area contributed by atoms with Gasteiger partial charge >= 0.3 is 0 Å². The number of benzene rings is 2. The Morgan fingerprint density at radius 2 is 1.85 bits per heavy atom. The molecule has 0 saturated carbocycles. The molecule has 1 fully saturated rings. The Kier molecular flexibility index (Phi) is 9.13. The highest BCUT2D eigenvalue weighted by Crippen LogP contribution is 2.44. The molecule has 3 aromatic rings. The fourth-order valence-electron chi connectivity index (χ4n) is 6.01. The SMILES string of the molecule is Cc1ccc(Cl)cc1N1CCN(CCCNC(=O)[C@@H]2c3ccccc3C(=O)N(CC(C)C)[C@H]2c2cccs2)CC1. The predicted molar refractivity (Wildman–Crippen MR) is 165 cm³/mol. The molecular formula is C32H39ClN4O2S. The highest BCUT2D eigenvalue weighted by molar-refractivity contribution is 7.10. The van der Waals surface area contributed by atoms with Crippen molar-refractivity contribution >= 4 is 40.4 Å². The second-order valence-corrected chi connectivity index (χ2v) is 12.7. The molecule has 3 heterocycles. The van der Waals surface area contributed by atoms with Gasteiger partial charge in [0, 0.05) is 60.4 Å². The molecule has 2 amide bonds. The molecule has 6 nitrogen and oxygen atoms in total. The molecule has 2 aliphatic heterocycles. The van der Waals surface area contributed by atoms with Crippen LogP contribution in [0.15, 0.2) is 60.0 Å². The molecule has 1 N–H and O–H groups in total. The summed E-state index contributed by atoms with van der Waals surface area (Å²) in [6.07, 6.45) is 0.884. The number of carbonyl (C=O) groups excluding carboxylic acids is 2. The van der Waals surface area contributed by atoms with Crippen molar-refractivity contribution in [3.63, 3.8) is 0 Å². The van der Waals surface area contributed by atoms with Crippen molar-refractivity contribution in [3.8, 4) is 0 Å². The zero-order valence-electron chi connectivity index (χ0n) is 23.6. The zero-order valence-corrected chi connectivity index (χ0v) is 25.2. The molecule has 0 aliphatic carbocycles. The minimum Gasteiger partial charge on any atom is -0.369 e. The maximum Gasteiger partial charge on any atom is 0.254 e. The van der Waals surface area contributed by atoms with E-state index in [0.717, 1.165) is 54.6 Å². The Labute approximate surface area is 246 Å².